The number of hydrogen-bond acceptors (Lipinski definition) is 4. The summed E-state index contributed by atoms with van der Waals surface area (Å²) in [6.45, 7) is 4.95. The number of carbonyl (C=O) groups is 3. The molecule has 0 aliphatic rings. The third kappa shape index (κ3) is 4.76. The summed E-state index contributed by atoms with van der Waals surface area (Å²) < 4.78 is 4.95. The molecule has 0 heterocycles. The Morgan fingerprint density at radius 3 is 2.36 bits per heavy atom. The molecule has 7 nitrogen and oxygen atoms in total. The van der Waals surface area contributed by atoms with Gasteiger partial charge in [-0.05, 0) is 18.2 Å². The first-order valence-electron chi connectivity index (χ1n) is 6.64. The summed E-state index contributed by atoms with van der Waals surface area (Å²) in [4.78, 5) is 34.7. The Morgan fingerprint density at radius 2 is 1.86 bits per heavy atom. The van der Waals surface area contributed by atoms with Crippen molar-refractivity contribution in [2.75, 3.05) is 19.0 Å². The van der Waals surface area contributed by atoms with E-state index in [9.17, 15) is 14.4 Å². The molecule has 0 unspecified atom stereocenters. The standard InChI is InChI=1S/C15H20N2O5/c1-15(2,3)14(21)16-8-12(18)17-11-6-5-9(22-4)7-10(11)13(19)20/h5-7H,8H2,1-4H3,(H,16,21)(H,17,18)(H,19,20). The van der Waals surface area contributed by atoms with Gasteiger partial charge in [-0.25, -0.2) is 4.79 Å². The van der Waals surface area contributed by atoms with Crippen molar-refractivity contribution in [3.8, 4) is 5.75 Å². The van der Waals surface area contributed by atoms with Crippen LogP contribution in [0.25, 0.3) is 0 Å². The van der Waals surface area contributed by atoms with Crippen molar-refractivity contribution in [1.82, 2.24) is 5.32 Å². The van der Waals surface area contributed by atoms with Gasteiger partial charge >= 0.3 is 5.97 Å². The average Bonchev–Trinajstić information content (AvgIpc) is 2.43. The molecule has 0 aliphatic heterocycles. The van der Waals surface area contributed by atoms with Crippen LogP contribution in [0.4, 0.5) is 5.69 Å². The summed E-state index contributed by atoms with van der Waals surface area (Å²) in [7, 11) is 1.42. The van der Waals surface area contributed by atoms with Crippen LogP contribution in [0.5, 0.6) is 5.75 Å². The van der Waals surface area contributed by atoms with Crippen molar-refractivity contribution in [3.05, 3.63) is 23.8 Å². The van der Waals surface area contributed by atoms with Crippen molar-refractivity contribution in [3.63, 3.8) is 0 Å². The molecule has 0 atom stereocenters. The third-order valence-electron chi connectivity index (χ3n) is 2.82. The number of carbonyl (C=O) groups excluding carboxylic acids is 2. The summed E-state index contributed by atoms with van der Waals surface area (Å²) in [6, 6.07) is 4.28. The van der Waals surface area contributed by atoms with Crippen LogP contribution < -0.4 is 15.4 Å². The van der Waals surface area contributed by atoms with Crippen molar-refractivity contribution < 1.29 is 24.2 Å². The zero-order chi connectivity index (χ0) is 16.9. The lowest BCUT2D eigenvalue weighted by molar-refractivity contribution is -0.130. The second kappa shape index (κ2) is 6.93. The maximum atomic E-state index is 11.8. The number of aromatic carboxylic acids is 1. The second-order valence-corrected chi connectivity index (χ2v) is 5.70. The Kier molecular flexibility index (Phi) is 5.50. The summed E-state index contributed by atoms with van der Waals surface area (Å²) in [5.74, 6) is -1.59. The van der Waals surface area contributed by atoms with Crippen LogP contribution in [0.2, 0.25) is 0 Å². The Balaban J connectivity index is 2.76. The second-order valence-electron chi connectivity index (χ2n) is 5.70. The summed E-state index contributed by atoms with van der Waals surface area (Å²) in [5.41, 5.74) is -0.551. The van der Waals surface area contributed by atoms with Gasteiger partial charge in [-0.2, -0.15) is 0 Å². The largest absolute Gasteiger partial charge is 0.497 e. The topological polar surface area (TPSA) is 105 Å². The molecule has 0 aromatic heterocycles. The van der Waals surface area contributed by atoms with Crippen LogP contribution in [-0.2, 0) is 9.59 Å². The molecule has 0 fully saturated rings. The van der Waals surface area contributed by atoms with E-state index >= 15 is 0 Å². The SMILES string of the molecule is COc1ccc(NC(=O)CNC(=O)C(C)(C)C)c(C(=O)O)c1. The van der Waals surface area contributed by atoms with Crippen LogP contribution in [0, 0.1) is 5.41 Å². The van der Waals surface area contributed by atoms with Gasteiger partial charge in [0.25, 0.3) is 0 Å². The highest BCUT2D eigenvalue weighted by Gasteiger charge is 2.21. The minimum atomic E-state index is -1.19. The highest BCUT2D eigenvalue weighted by atomic mass is 16.5. The van der Waals surface area contributed by atoms with Crippen LogP contribution in [0.15, 0.2) is 18.2 Å². The van der Waals surface area contributed by atoms with Gasteiger partial charge in [0, 0.05) is 5.41 Å². The first-order valence-corrected chi connectivity index (χ1v) is 6.64. The van der Waals surface area contributed by atoms with Gasteiger partial charge in [0.15, 0.2) is 0 Å². The van der Waals surface area contributed by atoms with Crippen LogP contribution in [0.3, 0.4) is 0 Å². The number of carboxylic acid groups (broad SMARTS) is 1. The molecule has 3 N–H and O–H groups in total. The molecule has 1 rings (SSSR count). The number of benzene rings is 1. The highest BCUT2D eigenvalue weighted by molar-refractivity contribution is 6.02. The van der Waals surface area contributed by atoms with E-state index in [1.54, 1.807) is 20.8 Å². The van der Waals surface area contributed by atoms with Crippen molar-refractivity contribution in [2.24, 2.45) is 5.41 Å². The molecule has 0 aliphatic carbocycles. The number of nitrogens with one attached hydrogen (secondary N) is 2. The predicted octanol–water partition coefficient (Wildman–Crippen LogP) is 1.49. The number of hydrogen-bond donors (Lipinski definition) is 3. The third-order valence-corrected chi connectivity index (χ3v) is 2.82. The normalized spacial score (nSPS) is 10.7. The molecule has 2 amide bonds. The van der Waals surface area contributed by atoms with E-state index in [2.05, 4.69) is 10.6 Å². The quantitative estimate of drug-likeness (QED) is 0.764. The zero-order valence-electron chi connectivity index (χ0n) is 13.0. The van der Waals surface area contributed by atoms with E-state index in [1.807, 2.05) is 0 Å². The van der Waals surface area contributed by atoms with Crippen LogP contribution >= 0.6 is 0 Å². The molecular weight excluding hydrogens is 288 g/mol. The molecule has 0 saturated carbocycles. The number of methoxy groups -OCH3 is 1. The maximum absolute atomic E-state index is 11.8. The van der Waals surface area contributed by atoms with Gasteiger partial charge in [-0.3, -0.25) is 9.59 Å². The van der Waals surface area contributed by atoms with E-state index in [0.29, 0.717) is 5.75 Å². The lowest BCUT2D eigenvalue weighted by Crippen LogP contribution is -2.39. The van der Waals surface area contributed by atoms with Gasteiger partial charge in [-0.1, -0.05) is 20.8 Å². The lowest BCUT2D eigenvalue weighted by atomic mass is 9.96. The fourth-order valence-electron chi connectivity index (χ4n) is 1.56. The van der Waals surface area contributed by atoms with E-state index in [0.717, 1.165) is 0 Å². The smallest absolute Gasteiger partial charge is 0.337 e. The summed E-state index contributed by atoms with van der Waals surface area (Å²) >= 11 is 0. The monoisotopic (exact) mass is 308 g/mol. The van der Waals surface area contributed by atoms with Crippen molar-refractivity contribution in [2.45, 2.75) is 20.8 Å². The maximum Gasteiger partial charge on any atom is 0.337 e. The van der Waals surface area contributed by atoms with Gasteiger partial charge < -0.3 is 20.5 Å². The number of rotatable bonds is 5. The molecular formula is C15H20N2O5. The van der Waals surface area contributed by atoms with E-state index < -0.39 is 17.3 Å². The molecule has 0 bridgehead atoms. The lowest BCUT2D eigenvalue weighted by Gasteiger charge is -2.17. The number of amides is 2. The molecule has 1 aromatic carbocycles. The van der Waals surface area contributed by atoms with Crippen molar-refractivity contribution in [1.29, 1.82) is 0 Å². The van der Waals surface area contributed by atoms with Crippen molar-refractivity contribution >= 4 is 23.5 Å². The van der Waals surface area contributed by atoms with Crippen LogP contribution in [0.1, 0.15) is 31.1 Å². The molecule has 120 valence electrons. The summed E-state index contributed by atoms with van der Waals surface area (Å²) in [5, 5.41) is 14.1. The van der Waals surface area contributed by atoms with E-state index in [1.165, 1.54) is 25.3 Å². The first kappa shape index (κ1) is 17.5. The Labute approximate surface area is 128 Å². The fourth-order valence-corrected chi connectivity index (χ4v) is 1.56. The average molecular weight is 308 g/mol. The minimum Gasteiger partial charge on any atom is -0.497 e. The summed E-state index contributed by atoms with van der Waals surface area (Å²) in [6.07, 6.45) is 0. The molecule has 0 saturated heterocycles. The highest BCUT2D eigenvalue weighted by Crippen LogP contribution is 2.22. The van der Waals surface area contributed by atoms with Gasteiger partial charge in [0.05, 0.1) is 24.9 Å². The number of carboxylic acids is 1. The zero-order valence-corrected chi connectivity index (χ0v) is 13.0. The van der Waals surface area contributed by atoms with Gasteiger partial charge in [0.1, 0.15) is 5.75 Å². The Morgan fingerprint density at radius 1 is 1.23 bits per heavy atom. The van der Waals surface area contributed by atoms with Gasteiger partial charge in [-0.15, -0.1) is 0 Å². The molecule has 1 aromatic rings. The molecule has 22 heavy (non-hydrogen) atoms. The molecule has 0 spiro atoms. The van der Waals surface area contributed by atoms with E-state index in [-0.39, 0.29) is 23.7 Å². The minimum absolute atomic E-state index is 0.0881. The van der Waals surface area contributed by atoms with E-state index in [4.69, 9.17) is 9.84 Å². The predicted molar refractivity (Wildman–Crippen MR) is 81.0 cm³/mol. The first-order chi connectivity index (χ1) is 10.1. The molecule has 7 heteroatoms. The Bertz CT molecular complexity index is 590. The molecule has 0 radical (unpaired) electrons. The number of ether oxygens (including phenoxy) is 1. The van der Waals surface area contributed by atoms with Crippen LogP contribution in [-0.4, -0.2) is 36.5 Å². The van der Waals surface area contributed by atoms with Gasteiger partial charge in [0.2, 0.25) is 11.8 Å². The fraction of sp³-hybridized carbons (Fsp3) is 0.400. The number of anilines is 1. The Hall–Kier alpha value is -2.57.